The number of aromatic nitrogens is 2. The van der Waals surface area contributed by atoms with Gasteiger partial charge >= 0.3 is 0 Å². The third-order valence-corrected chi connectivity index (χ3v) is 2.76. The second-order valence-electron chi connectivity index (χ2n) is 4.05. The van der Waals surface area contributed by atoms with E-state index in [0.717, 1.165) is 37.4 Å². The Morgan fingerprint density at radius 3 is 2.75 bits per heavy atom. The summed E-state index contributed by atoms with van der Waals surface area (Å²) in [7, 11) is 0. The first-order chi connectivity index (χ1) is 7.69. The van der Waals surface area contributed by atoms with E-state index in [9.17, 15) is 5.11 Å². The Bertz CT molecular complexity index is 362. The normalized spacial score (nSPS) is 17.6. The summed E-state index contributed by atoms with van der Waals surface area (Å²) in [5, 5.41) is 9.44. The molecule has 1 aliphatic rings. The van der Waals surface area contributed by atoms with Gasteiger partial charge in [0.05, 0.1) is 6.10 Å². The number of nitrogen functional groups attached to an aromatic ring is 1. The molecule has 0 radical (unpaired) electrons. The molecule has 4 N–H and O–H groups in total. The van der Waals surface area contributed by atoms with Crippen LogP contribution in [-0.4, -0.2) is 34.3 Å². The molecule has 1 aliphatic heterocycles. The number of piperidine rings is 1. The van der Waals surface area contributed by atoms with E-state index in [1.54, 1.807) is 0 Å². The molecule has 1 aromatic heterocycles. The highest BCUT2D eigenvalue weighted by Gasteiger charge is 2.18. The van der Waals surface area contributed by atoms with Crippen LogP contribution < -0.4 is 16.2 Å². The lowest BCUT2D eigenvalue weighted by Crippen LogP contribution is -2.36. The van der Waals surface area contributed by atoms with E-state index in [2.05, 4.69) is 20.3 Å². The molecule has 1 aromatic rings. The summed E-state index contributed by atoms with van der Waals surface area (Å²) in [6.07, 6.45) is 1.40. The zero-order chi connectivity index (χ0) is 11.5. The van der Waals surface area contributed by atoms with Gasteiger partial charge in [0.1, 0.15) is 5.82 Å². The van der Waals surface area contributed by atoms with E-state index < -0.39 is 0 Å². The van der Waals surface area contributed by atoms with Gasteiger partial charge < -0.3 is 10.0 Å². The average molecular weight is 223 g/mol. The van der Waals surface area contributed by atoms with Crippen molar-refractivity contribution in [3.05, 3.63) is 11.8 Å². The van der Waals surface area contributed by atoms with Gasteiger partial charge in [0.25, 0.3) is 0 Å². The largest absolute Gasteiger partial charge is 0.393 e. The molecule has 1 fully saturated rings. The molecule has 0 atom stereocenters. The fourth-order valence-electron chi connectivity index (χ4n) is 1.87. The number of nitrogens with one attached hydrogen (secondary N) is 1. The minimum absolute atomic E-state index is 0.175. The smallest absolute Gasteiger partial charge is 0.239 e. The number of hydrogen-bond acceptors (Lipinski definition) is 6. The first-order valence-electron chi connectivity index (χ1n) is 5.44. The maximum Gasteiger partial charge on any atom is 0.239 e. The Hall–Kier alpha value is -1.40. The Morgan fingerprint density at radius 1 is 1.44 bits per heavy atom. The standard InChI is InChI=1S/C10H17N5O/c1-7-6-9(13-10(12-7)14-11)15-4-2-8(16)3-5-15/h6,8,16H,2-5,11H2,1H3,(H,12,13,14). The summed E-state index contributed by atoms with van der Waals surface area (Å²) >= 11 is 0. The maximum absolute atomic E-state index is 9.44. The number of rotatable bonds is 2. The monoisotopic (exact) mass is 223 g/mol. The molecule has 0 amide bonds. The van der Waals surface area contributed by atoms with Crippen molar-refractivity contribution in [2.45, 2.75) is 25.9 Å². The number of nitrogens with zero attached hydrogens (tertiary/aromatic N) is 3. The fourth-order valence-corrected chi connectivity index (χ4v) is 1.87. The van der Waals surface area contributed by atoms with Crippen LogP contribution in [0.4, 0.5) is 11.8 Å². The molecule has 2 rings (SSSR count). The first-order valence-corrected chi connectivity index (χ1v) is 5.44. The summed E-state index contributed by atoms with van der Waals surface area (Å²) < 4.78 is 0. The van der Waals surface area contributed by atoms with Crippen molar-refractivity contribution in [3.63, 3.8) is 0 Å². The molecule has 0 saturated carbocycles. The van der Waals surface area contributed by atoms with Crippen molar-refractivity contribution < 1.29 is 5.11 Å². The van der Waals surface area contributed by atoms with Crippen LogP contribution in [-0.2, 0) is 0 Å². The minimum Gasteiger partial charge on any atom is -0.393 e. The Kier molecular flexibility index (Phi) is 3.21. The van der Waals surface area contributed by atoms with Crippen LogP contribution in [0.1, 0.15) is 18.5 Å². The zero-order valence-corrected chi connectivity index (χ0v) is 9.35. The van der Waals surface area contributed by atoms with Crippen LogP contribution in [0, 0.1) is 6.92 Å². The molecule has 0 spiro atoms. The molecule has 0 bridgehead atoms. The van der Waals surface area contributed by atoms with Gasteiger partial charge in [0, 0.05) is 24.8 Å². The van der Waals surface area contributed by atoms with Crippen molar-refractivity contribution in [2.24, 2.45) is 5.84 Å². The van der Waals surface area contributed by atoms with E-state index in [4.69, 9.17) is 5.84 Å². The van der Waals surface area contributed by atoms with Crippen molar-refractivity contribution in [2.75, 3.05) is 23.4 Å². The maximum atomic E-state index is 9.44. The number of hydrazine groups is 1. The summed E-state index contributed by atoms with van der Waals surface area (Å²) in [6, 6.07) is 1.93. The van der Waals surface area contributed by atoms with Crippen LogP contribution >= 0.6 is 0 Å². The first kappa shape index (κ1) is 11.1. The quantitative estimate of drug-likeness (QED) is 0.484. The number of nitrogens with two attached hydrogens (primary N) is 1. The van der Waals surface area contributed by atoms with Gasteiger partial charge in [0.15, 0.2) is 0 Å². The van der Waals surface area contributed by atoms with E-state index in [-0.39, 0.29) is 6.10 Å². The second kappa shape index (κ2) is 4.63. The van der Waals surface area contributed by atoms with Gasteiger partial charge in [-0.2, -0.15) is 4.98 Å². The molecule has 16 heavy (non-hydrogen) atoms. The van der Waals surface area contributed by atoms with Crippen molar-refractivity contribution in [3.8, 4) is 0 Å². The molecule has 0 unspecified atom stereocenters. The van der Waals surface area contributed by atoms with E-state index in [1.807, 2.05) is 13.0 Å². The van der Waals surface area contributed by atoms with Crippen molar-refractivity contribution >= 4 is 11.8 Å². The predicted octanol–water partition coefficient (Wildman–Crippen LogP) is 0.0317. The molecule has 0 aromatic carbocycles. The summed E-state index contributed by atoms with van der Waals surface area (Å²) in [6.45, 7) is 3.55. The van der Waals surface area contributed by atoms with Gasteiger partial charge in [-0.1, -0.05) is 0 Å². The van der Waals surface area contributed by atoms with Crippen LogP contribution in [0.15, 0.2) is 6.07 Å². The minimum atomic E-state index is -0.175. The summed E-state index contributed by atoms with van der Waals surface area (Å²) in [4.78, 5) is 10.6. The Morgan fingerprint density at radius 2 is 2.12 bits per heavy atom. The lowest BCUT2D eigenvalue weighted by atomic mass is 10.1. The third-order valence-electron chi connectivity index (χ3n) is 2.76. The molecular weight excluding hydrogens is 206 g/mol. The zero-order valence-electron chi connectivity index (χ0n) is 9.35. The van der Waals surface area contributed by atoms with Crippen LogP contribution in [0.5, 0.6) is 0 Å². The lowest BCUT2D eigenvalue weighted by Gasteiger charge is -2.30. The highest BCUT2D eigenvalue weighted by Crippen LogP contribution is 2.19. The van der Waals surface area contributed by atoms with Crippen LogP contribution in [0.25, 0.3) is 0 Å². The van der Waals surface area contributed by atoms with Crippen LogP contribution in [0.3, 0.4) is 0 Å². The Labute approximate surface area is 94.5 Å². The van der Waals surface area contributed by atoms with Crippen LogP contribution in [0.2, 0.25) is 0 Å². The van der Waals surface area contributed by atoms with Crippen molar-refractivity contribution in [1.82, 2.24) is 9.97 Å². The van der Waals surface area contributed by atoms with Gasteiger partial charge in [-0.3, -0.25) is 5.43 Å². The number of hydrogen-bond donors (Lipinski definition) is 3. The average Bonchev–Trinajstić information content (AvgIpc) is 2.29. The summed E-state index contributed by atoms with van der Waals surface area (Å²) in [5.41, 5.74) is 3.34. The van der Waals surface area contributed by atoms with Crippen molar-refractivity contribution in [1.29, 1.82) is 0 Å². The number of anilines is 2. The Balaban J connectivity index is 2.16. The third kappa shape index (κ3) is 2.40. The molecular formula is C10H17N5O. The SMILES string of the molecule is Cc1cc(N2CCC(O)CC2)nc(NN)n1. The molecule has 88 valence electrons. The van der Waals surface area contributed by atoms with E-state index in [1.165, 1.54) is 0 Å². The highest BCUT2D eigenvalue weighted by molar-refractivity contribution is 5.44. The highest BCUT2D eigenvalue weighted by atomic mass is 16.3. The number of aryl methyl sites for hydroxylation is 1. The van der Waals surface area contributed by atoms with E-state index >= 15 is 0 Å². The van der Waals surface area contributed by atoms with E-state index in [0.29, 0.717) is 5.95 Å². The number of aliphatic hydroxyl groups is 1. The lowest BCUT2D eigenvalue weighted by molar-refractivity contribution is 0.145. The fraction of sp³-hybridized carbons (Fsp3) is 0.600. The van der Waals surface area contributed by atoms with Gasteiger partial charge in [-0.05, 0) is 19.8 Å². The molecule has 2 heterocycles. The topological polar surface area (TPSA) is 87.3 Å². The predicted molar refractivity (Wildman–Crippen MR) is 62.0 cm³/mol. The van der Waals surface area contributed by atoms with Gasteiger partial charge in [0.2, 0.25) is 5.95 Å². The van der Waals surface area contributed by atoms with Gasteiger partial charge in [-0.15, -0.1) is 0 Å². The van der Waals surface area contributed by atoms with Gasteiger partial charge in [-0.25, -0.2) is 10.8 Å². The molecule has 6 heteroatoms. The molecule has 0 aliphatic carbocycles. The molecule has 1 saturated heterocycles. The molecule has 6 nitrogen and oxygen atoms in total. The number of aliphatic hydroxyl groups excluding tert-OH is 1. The summed E-state index contributed by atoms with van der Waals surface area (Å²) in [5.74, 6) is 6.61. The second-order valence-corrected chi connectivity index (χ2v) is 4.05.